The minimum atomic E-state index is 0.658. The maximum Gasteiger partial charge on any atom is 0.114 e. The van der Waals surface area contributed by atoms with Gasteiger partial charge < -0.3 is 10.2 Å². The van der Waals surface area contributed by atoms with Crippen molar-refractivity contribution < 1.29 is 0 Å². The van der Waals surface area contributed by atoms with E-state index >= 15 is 0 Å². The number of nitrogens with one attached hydrogen (secondary N) is 1. The van der Waals surface area contributed by atoms with Crippen LogP contribution in [0.15, 0.2) is 70.2 Å². The molecule has 0 saturated carbocycles. The molecule has 2 rings (SSSR count). The monoisotopic (exact) mass is 254 g/mol. The third kappa shape index (κ3) is 2.73. The lowest BCUT2D eigenvalue weighted by molar-refractivity contribution is 0.396. The van der Waals surface area contributed by atoms with Crippen LogP contribution in [0, 0.1) is 0 Å². The van der Waals surface area contributed by atoms with Gasteiger partial charge in [0.1, 0.15) is 6.34 Å². The first-order chi connectivity index (χ1) is 9.13. The molecule has 4 nitrogen and oxygen atoms in total. The molecule has 2 aliphatic heterocycles. The van der Waals surface area contributed by atoms with E-state index < -0.39 is 0 Å². The number of rotatable bonds is 4. The molecule has 2 aliphatic rings. The molecule has 98 valence electrons. The molecule has 1 fully saturated rings. The summed E-state index contributed by atoms with van der Waals surface area (Å²) in [6.07, 6.45) is 6.17. The number of piperazine rings is 1. The van der Waals surface area contributed by atoms with Crippen molar-refractivity contribution in [2.24, 2.45) is 9.98 Å². The Kier molecular flexibility index (Phi) is 3.80. The summed E-state index contributed by atoms with van der Waals surface area (Å²) >= 11 is 0. The van der Waals surface area contributed by atoms with Gasteiger partial charge in [-0.2, -0.15) is 0 Å². The number of allylic oxidation sites excluding steroid dienone is 4. The van der Waals surface area contributed by atoms with Gasteiger partial charge in [0, 0.05) is 30.9 Å². The molecule has 4 heteroatoms. The quantitative estimate of drug-likeness (QED) is 0.618. The van der Waals surface area contributed by atoms with E-state index in [9.17, 15) is 0 Å². The summed E-state index contributed by atoms with van der Waals surface area (Å²) in [5.74, 6) is 0. The number of nitrogens with zero attached hydrogens (tertiary/aromatic N) is 3. The van der Waals surface area contributed by atoms with Crippen LogP contribution in [0.4, 0.5) is 0 Å². The maximum atomic E-state index is 4.17. The van der Waals surface area contributed by atoms with Crippen LogP contribution in [0.5, 0.6) is 0 Å². The van der Waals surface area contributed by atoms with Gasteiger partial charge in [-0.25, -0.2) is 4.99 Å². The predicted molar refractivity (Wildman–Crippen MR) is 81.0 cm³/mol. The first-order valence-corrected chi connectivity index (χ1v) is 6.10. The zero-order chi connectivity index (χ0) is 13.8. The molecule has 0 aromatic rings. The van der Waals surface area contributed by atoms with E-state index in [-0.39, 0.29) is 0 Å². The minimum Gasteiger partial charge on any atom is -0.382 e. The molecule has 0 aromatic carbocycles. The molecule has 2 heterocycles. The first kappa shape index (κ1) is 13.1. The van der Waals surface area contributed by atoms with E-state index in [0.717, 1.165) is 41.5 Å². The van der Waals surface area contributed by atoms with Crippen molar-refractivity contribution in [1.29, 1.82) is 0 Å². The minimum absolute atomic E-state index is 0.658. The van der Waals surface area contributed by atoms with Gasteiger partial charge in [0.05, 0.1) is 11.4 Å². The van der Waals surface area contributed by atoms with E-state index in [4.69, 9.17) is 0 Å². The van der Waals surface area contributed by atoms with Crippen molar-refractivity contribution in [3.05, 3.63) is 60.3 Å². The van der Waals surface area contributed by atoms with E-state index in [2.05, 4.69) is 52.7 Å². The lowest BCUT2D eigenvalue weighted by Gasteiger charge is -2.38. The maximum absolute atomic E-state index is 4.17. The summed E-state index contributed by atoms with van der Waals surface area (Å²) in [6, 6.07) is 0. The van der Waals surface area contributed by atoms with Gasteiger partial charge in [-0.05, 0) is 18.4 Å². The highest BCUT2D eigenvalue weighted by molar-refractivity contribution is 5.63. The topological polar surface area (TPSA) is 40.0 Å². The molecule has 19 heavy (non-hydrogen) atoms. The molecule has 0 atom stereocenters. The molecule has 0 aliphatic carbocycles. The summed E-state index contributed by atoms with van der Waals surface area (Å²) in [6.45, 7) is 17.2. The summed E-state index contributed by atoms with van der Waals surface area (Å²) < 4.78 is 0. The second-order valence-electron chi connectivity index (χ2n) is 4.42. The SMILES string of the molecule is C=NC=NC(=C)CC1=CC=C2C(=C)NCCN2C1=C. The Balaban J connectivity index is 2.16. The van der Waals surface area contributed by atoms with Crippen molar-refractivity contribution in [1.82, 2.24) is 10.2 Å². The van der Waals surface area contributed by atoms with Gasteiger partial charge in [-0.15, -0.1) is 0 Å². The van der Waals surface area contributed by atoms with Gasteiger partial charge in [-0.3, -0.25) is 4.99 Å². The molecular weight excluding hydrogens is 236 g/mol. The molecule has 1 saturated heterocycles. The Labute approximate surface area is 113 Å². The summed E-state index contributed by atoms with van der Waals surface area (Å²) in [7, 11) is 0. The van der Waals surface area contributed by atoms with Gasteiger partial charge in [-0.1, -0.05) is 25.8 Å². The zero-order valence-electron chi connectivity index (χ0n) is 11.0. The van der Waals surface area contributed by atoms with Gasteiger partial charge in [0.2, 0.25) is 0 Å². The van der Waals surface area contributed by atoms with E-state index in [1.165, 1.54) is 6.34 Å². The highest BCUT2D eigenvalue weighted by Gasteiger charge is 2.24. The van der Waals surface area contributed by atoms with Crippen LogP contribution in [0.1, 0.15) is 6.42 Å². The number of fused-ring (bicyclic) bond motifs is 1. The number of aliphatic imine (C=N–C) groups is 2. The van der Waals surface area contributed by atoms with Crippen LogP contribution in [0.25, 0.3) is 0 Å². The van der Waals surface area contributed by atoms with Crippen molar-refractivity contribution in [3.8, 4) is 0 Å². The second-order valence-corrected chi connectivity index (χ2v) is 4.42. The lowest BCUT2D eigenvalue weighted by Crippen LogP contribution is -2.40. The van der Waals surface area contributed by atoms with Crippen LogP contribution in [-0.4, -0.2) is 31.0 Å². The third-order valence-electron chi connectivity index (χ3n) is 3.13. The molecule has 0 amide bonds. The van der Waals surface area contributed by atoms with Crippen molar-refractivity contribution in [2.75, 3.05) is 13.1 Å². The summed E-state index contributed by atoms with van der Waals surface area (Å²) in [5, 5.41) is 3.25. The predicted octanol–water partition coefficient (Wildman–Crippen LogP) is 2.38. The van der Waals surface area contributed by atoms with Crippen molar-refractivity contribution in [3.63, 3.8) is 0 Å². The largest absolute Gasteiger partial charge is 0.382 e. The fourth-order valence-electron chi connectivity index (χ4n) is 2.16. The summed E-state index contributed by atoms with van der Waals surface area (Å²) in [4.78, 5) is 9.84. The standard InChI is InChI=1S/C15H18N4/c1-11(18-10-16-4)9-14-5-6-15-12(2)17-7-8-19(15)13(14)3/h5-6,10,17H,1-4,7-9H2. The normalized spacial score (nSPS) is 18.6. The number of hydrogen-bond acceptors (Lipinski definition) is 3. The smallest absolute Gasteiger partial charge is 0.114 e. The first-order valence-electron chi connectivity index (χ1n) is 6.10. The van der Waals surface area contributed by atoms with Gasteiger partial charge >= 0.3 is 0 Å². The van der Waals surface area contributed by atoms with Gasteiger partial charge in [0.25, 0.3) is 0 Å². The third-order valence-corrected chi connectivity index (χ3v) is 3.13. The molecule has 0 unspecified atom stereocenters. The Morgan fingerprint density at radius 3 is 2.95 bits per heavy atom. The van der Waals surface area contributed by atoms with Crippen LogP contribution in [-0.2, 0) is 0 Å². The molecule has 0 radical (unpaired) electrons. The zero-order valence-corrected chi connectivity index (χ0v) is 11.0. The molecule has 0 bridgehead atoms. The van der Waals surface area contributed by atoms with Crippen LogP contribution in [0.3, 0.4) is 0 Å². The van der Waals surface area contributed by atoms with E-state index in [1.807, 2.05) is 6.08 Å². The van der Waals surface area contributed by atoms with Crippen molar-refractivity contribution >= 4 is 13.1 Å². The fourth-order valence-corrected chi connectivity index (χ4v) is 2.16. The Hall–Kier alpha value is -2.36. The molecule has 0 spiro atoms. The molecule has 0 aromatic heterocycles. The van der Waals surface area contributed by atoms with Crippen LogP contribution >= 0.6 is 0 Å². The van der Waals surface area contributed by atoms with Crippen LogP contribution < -0.4 is 5.32 Å². The van der Waals surface area contributed by atoms with E-state index in [1.54, 1.807) is 0 Å². The van der Waals surface area contributed by atoms with Gasteiger partial charge in [0.15, 0.2) is 0 Å². The second kappa shape index (κ2) is 5.52. The molecular formula is C15H18N4. The Morgan fingerprint density at radius 2 is 2.21 bits per heavy atom. The number of hydrogen-bond donors (Lipinski definition) is 1. The Bertz CT molecular complexity index is 534. The highest BCUT2D eigenvalue weighted by atomic mass is 15.2. The molecule has 1 N–H and O–H groups in total. The van der Waals surface area contributed by atoms with Crippen LogP contribution in [0.2, 0.25) is 0 Å². The lowest BCUT2D eigenvalue weighted by atomic mass is 10.0. The van der Waals surface area contributed by atoms with Crippen molar-refractivity contribution in [2.45, 2.75) is 6.42 Å². The van der Waals surface area contributed by atoms with E-state index in [0.29, 0.717) is 6.42 Å². The summed E-state index contributed by atoms with van der Waals surface area (Å²) in [5.41, 5.74) is 4.87. The highest BCUT2D eigenvalue weighted by Crippen LogP contribution is 2.31. The fraction of sp³-hybridized carbons (Fsp3) is 0.200. The average Bonchev–Trinajstić information content (AvgIpc) is 2.40. The average molecular weight is 254 g/mol. The Morgan fingerprint density at radius 1 is 1.42 bits per heavy atom.